The molecule has 2 heterocycles. The van der Waals surface area contributed by atoms with Crippen LogP contribution in [0.15, 0.2) is 52.1 Å². The third kappa shape index (κ3) is 4.76. The molecule has 0 radical (unpaired) electrons. The van der Waals surface area contributed by atoms with Gasteiger partial charge >= 0.3 is 5.69 Å². The van der Waals surface area contributed by atoms with E-state index in [0.717, 1.165) is 11.1 Å². The molecule has 10 nitrogen and oxygen atoms in total. The molecule has 0 aliphatic rings. The van der Waals surface area contributed by atoms with E-state index in [2.05, 4.69) is 10.4 Å². The quantitative estimate of drug-likeness (QED) is 0.413. The summed E-state index contributed by atoms with van der Waals surface area (Å²) in [5, 5.41) is 7.46. The number of carbonyl (C=O) groups excluding carboxylic acids is 2. The van der Waals surface area contributed by atoms with Crippen molar-refractivity contribution in [3.8, 4) is 0 Å². The third-order valence-corrected chi connectivity index (χ3v) is 6.37. The molecule has 37 heavy (non-hydrogen) atoms. The lowest BCUT2D eigenvalue weighted by molar-refractivity contribution is -0.119. The Morgan fingerprint density at radius 1 is 1.08 bits per heavy atom. The van der Waals surface area contributed by atoms with Gasteiger partial charge in [0.05, 0.1) is 10.9 Å². The maximum atomic E-state index is 13.5. The van der Waals surface area contributed by atoms with Crippen molar-refractivity contribution in [1.82, 2.24) is 24.1 Å². The van der Waals surface area contributed by atoms with Crippen molar-refractivity contribution in [2.45, 2.75) is 52.7 Å². The van der Waals surface area contributed by atoms with E-state index in [0.29, 0.717) is 11.3 Å². The Hall–Kier alpha value is -4.28. The highest BCUT2D eigenvalue weighted by molar-refractivity contribution is 5.98. The van der Waals surface area contributed by atoms with Gasteiger partial charge in [-0.3, -0.25) is 19.0 Å². The molecule has 0 saturated carbocycles. The molecular weight excluding hydrogens is 479 g/mol. The lowest BCUT2D eigenvalue weighted by atomic mass is 10.1. The van der Waals surface area contributed by atoms with E-state index in [9.17, 15) is 23.6 Å². The number of fused-ring (bicyclic) bond motifs is 3. The third-order valence-electron chi connectivity index (χ3n) is 6.37. The first-order chi connectivity index (χ1) is 17.5. The standard InChI is InChI=1S/C26H29FN6O4/c1-6-16(4)28-23(35)17-7-12-20-21(13-17)33-25(32(15(2)3)24(20)36)29-31(26(33)37)14-22(34)30(5)19-10-8-18(27)9-11-19/h7-13,15-16H,6,14H2,1-5H3,(H,28,35). The summed E-state index contributed by atoms with van der Waals surface area (Å²) < 4.78 is 16.9. The number of nitrogens with one attached hydrogen (secondary N) is 1. The predicted octanol–water partition coefficient (Wildman–Crippen LogP) is 2.72. The number of benzene rings is 2. The van der Waals surface area contributed by atoms with Gasteiger partial charge in [0.1, 0.15) is 12.4 Å². The highest BCUT2D eigenvalue weighted by atomic mass is 19.1. The monoisotopic (exact) mass is 508 g/mol. The Bertz CT molecular complexity index is 1620. The number of halogens is 1. The van der Waals surface area contributed by atoms with E-state index in [4.69, 9.17) is 0 Å². The highest BCUT2D eigenvalue weighted by Crippen LogP contribution is 2.17. The van der Waals surface area contributed by atoms with E-state index in [1.165, 1.54) is 57.3 Å². The molecule has 0 aliphatic heterocycles. The van der Waals surface area contributed by atoms with Gasteiger partial charge in [-0.25, -0.2) is 18.3 Å². The smallest absolute Gasteiger partial charge is 0.350 e. The molecule has 0 bridgehead atoms. The Morgan fingerprint density at radius 3 is 2.38 bits per heavy atom. The highest BCUT2D eigenvalue weighted by Gasteiger charge is 2.22. The zero-order valence-electron chi connectivity index (χ0n) is 21.4. The molecule has 2 amide bonds. The van der Waals surface area contributed by atoms with E-state index in [1.807, 2.05) is 13.8 Å². The Kier molecular flexibility index (Phi) is 6.97. The van der Waals surface area contributed by atoms with Crippen LogP contribution in [0, 0.1) is 5.82 Å². The maximum Gasteiger partial charge on any atom is 0.352 e. The van der Waals surface area contributed by atoms with Crippen molar-refractivity contribution in [1.29, 1.82) is 0 Å². The van der Waals surface area contributed by atoms with Crippen LogP contribution in [-0.4, -0.2) is 43.7 Å². The minimum absolute atomic E-state index is 0.0493. The van der Waals surface area contributed by atoms with Gasteiger partial charge in [0, 0.05) is 30.4 Å². The van der Waals surface area contributed by atoms with Crippen LogP contribution in [0.25, 0.3) is 16.7 Å². The van der Waals surface area contributed by atoms with Crippen LogP contribution in [-0.2, 0) is 11.3 Å². The second kappa shape index (κ2) is 10.00. The number of carbonyl (C=O) groups is 2. The van der Waals surface area contributed by atoms with E-state index in [-0.39, 0.29) is 40.2 Å². The van der Waals surface area contributed by atoms with E-state index < -0.39 is 24.0 Å². The van der Waals surface area contributed by atoms with Crippen LogP contribution in [0.3, 0.4) is 0 Å². The average Bonchev–Trinajstić information content (AvgIpc) is 3.18. The van der Waals surface area contributed by atoms with Crippen LogP contribution < -0.4 is 21.5 Å². The summed E-state index contributed by atoms with van der Waals surface area (Å²) in [6.07, 6.45) is 0.745. The predicted molar refractivity (Wildman–Crippen MR) is 139 cm³/mol. The number of hydrogen-bond donors (Lipinski definition) is 1. The molecule has 0 fully saturated rings. The lowest BCUT2D eigenvalue weighted by Gasteiger charge is -2.16. The zero-order valence-corrected chi connectivity index (χ0v) is 21.4. The van der Waals surface area contributed by atoms with Crippen LogP contribution in [0.1, 0.15) is 50.5 Å². The van der Waals surface area contributed by atoms with Gasteiger partial charge in [-0.1, -0.05) is 6.92 Å². The average molecular weight is 509 g/mol. The first-order valence-corrected chi connectivity index (χ1v) is 12.0. The fraction of sp³-hybridized carbons (Fsp3) is 0.346. The van der Waals surface area contributed by atoms with Gasteiger partial charge in [-0.05, 0) is 69.7 Å². The lowest BCUT2D eigenvalue weighted by Crippen LogP contribution is -2.34. The number of amides is 2. The fourth-order valence-electron chi connectivity index (χ4n) is 4.04. The number of anilines is 1. The second-order valence-corrected chi connectivity index (χ2v) is 9.29. The molecule has 2 aromatic carbocycles. The first kappa shape index (κ1) is 25.8. The summed E-state index contributed by atoms with van der Waals surface area (Å²) in [6.45, 7) is 7.01. The summed E-state index contributed by atoms with van der Waals surface area (Å²) >= 11 is 0. The summed E-state index contributed by atoms with van der Waals surface area (Å²) in [5.74, 6) is -1.16. The van der Waals surface area contributed by atoms with Crippen molar-refractivity contribution in [2.24, 2.45) is 0 Å². The Morgan fingerprint density at radius 2 is 1.76 bits per heavy atom. The van der Waals surface area contributed by atoms with Crippen molar-refractivity contribution in [3.63, 3.8) is 0 Å². The van der Waals surface area contributed by atoms with Gasteiger partial charge < -0.3 is 10.2 Å². The molecule has 4 aromatic rings. The molecule has 0 saturated heterocycles. The van der Waals surface area contributed by atoms with Crippen LogP contribution in [0.5, 0.6) is 0 Å². The topological polar surface area (TPSA) is 111 Å². The van der Waals surface area contributed by atoms with Gasteiger partial charge in [-0.15, -0.1) is 5.10 Å². The molecule has 0 aliphatic carbocycles. The molecule has 1 atom stereocenters. The molecule has 0 spiro atoms. The minimum atomic E-state index is -0.630. The van der Waals surface area contributed by atoms with E-state index in [1.54, 1.807) is 19.9 Å². The summed E-state index contributed by atoms with van der Waals surface area (Å²) in [7, 11) is 1.51. The van der Waals surface area contributed by atoms with Gasteiger partial charge in [0.15, 0.2) is 0 Å². The molecule has 194 valence electrons. The van der Waals surface area contributed by atoms with Gasteiger partial charge in [0.25, 0.3) is 11.5 Å². The molecular formula is C26H29FN6O4. The summed E-state index contributed by atoms with van der Waals surface area (Å²) in [4.78, 5) is 53.8. The number of aromatic nitrogens is 4. The van der Waals surface area contributed by atoms with Crippen molar-refractivity contribution < 1.29 is 14.0 Å². The maximum absolute atomic E-state index is 13.5. The molecule has 1 N–H and O–H groups in total. The van der Waals surface area contributed by atoms with Crippen molar-refractivity contribution in [3.05, 3.63) is 74.7 Å². The number of nitrogens with zero attached hydrogens (tertiary/aromatic N) is 5. The van der Waals surface area contributed by atoms with Crippen LogP contribution >= 0.6 is 0 Å². The Labute approximate surface area is 211 Å². The fourth-order valence-corrected chi connectivity index (χ4v) is 4.04. The van der Waals surface area contributed by atoms with Gasteiger partial charge in [0.2, 0.25) is 11.7 Å². The van der Waals surface area contributed by atoms with Crippen molar-refractivity contribution >= 4 is 34.2 Å². The van der Waals surface area contributed by atoms with Crippen LogP contribution in [0.4, 0.5) is 10.1 Å². The van der Waals surface area contributed by atoms with Crippen LogP contribution in [0.2, 0.25) is 0 Å². The SMILES string of the molecule is CCC(C)NC(=O)c1ccc2c(=O)n(C(C)C)c3nn(CC(=O)N(C)c4ccc(F)cc4)c(=O)n3c2c1. The Balaban J connectivity index is 1.85. The summed E-state index contributed by atoms with van der Waals surface area (Å²) in [6, 6.07) is 9.56. The second-order valence-electron chi connectivity index (χ2n) is 9.29. The van der Waals surface area contributed by atoms with Crippen molar-refractivity contribution in [2.75, 3.05) is 11.9 Å². The minimum Gasteiger partial charge on any atom is -0.350 e. The summed E-state index contributed by atoms with van der Waals surface area (Å²) in [5.41, 5.74) is -0.0235. The number of likely N-dealkylation sites (N-methyl/N-ethyl adjacent to an activating group) is 1. The molecule has 1 unspecified atom stereocenters. The zero-order chi connectivity index (χ0) is 27.0. The largest absolute Gasteiger partial charge is 0.352 e. The van der Waals surface area contributed by atoms with Gasteiger partial charge in [-0.2, -0.15) is 0 Å². The first-order valence-electron chi connectivity index (χ1n) is 12.0. The van der Waals surface area contributed by atoms with E-state index >= 15 is 0 Å². The molecule has 4 rings (SSSR count). The molecule has 11 heteroatoms. The normalized spacial score (nSPS) is 12.3. The number of hydrogen-bond acceptors (Lipinski definition) is 5. The number of rotatable bonds is 7. The molecule has 2 aromatic heterocycles.